The van der Waals surface area contributed by atoms with Gasteiger partial charge in [0.25, 0.3) is 0 Å². The number of hydrogen-bond donors (Lipinski definition) is 1. The van der Waals surface area contributed by atoms with Gasteiger partial charge < -0.3 is 10.2 Å². The minimum Gasteiger partial charge on any atom is -0.338 e. The van der Waals surface area contributed by atoms with E-state index in [4.69, 9.17) is 11.6 Å². The summed E-state index contributed by atoms with van der Waals surface area (Å²) in [6.07, 6.45) is 5.33. The van der Waals surface area contributed by atoms with E-state index >= 15 is 0 Å². The van der Waals surface area contributed by atoms with Gasteiger partial charge in [0, 0.05) is 30.1 Å². The fourth-order valence-electron chi connectivity index (χ4n) is 3.24. The van der Waals surface area contributed by atoms with Crippen molar-refractivity contribution in [1.29, 1.82) is 0 Å². The Morgan fingerprint density at radius 1 is 1.30 bits per heavy atom. The van der Waals surface area contributed by atoms with E-state index in [1.165, 1.54) is 12.8 Å². The molecule has 0 spiro atoms. The second-order valence-corrected chi connectivity index (χ2v) is 7.11. The zero-order chi connectivity index (χ0) is 16.7. The quantitative estimate of drug-likeness (QED) is 0.755. The Hall–Kier alpha value is -1.06. The fraction of sp³-hybridized carbons (Fsp3) is 0.632. The van der Waals surface area contributed by atoms with Gasteiger partial charge in [-0.05, 0) is 50.4 Å². The molecule has 1 saturated heterocycles. The second-order valence-electron chi connectivity index (χ2n) is 6.67. The number of rotatable bonds is 7. The summed E-state index contributed by atoms with van der Waals surface area (Å²) in [5.74, 6) is 0.490. The number of benzene rings is 1. The number of nitrogens with one attached hydrogen (secondary N) is 1. The molecular weight excluding hydrogens is 308 g/mol. The summed E-state index contributed by atoms with van der Waals surface area (Å²) in [6.45, 7) is 6.85. The molecule has 1 aliphatic rings. The topological polar surface area (TPSA) is 32.3 Å². The third kappa shape index (κ3) is 5.82. The second kappa shape index (κ2) is 9.29. The molecule has 4 heteroatoms. The van der Waals surface area contributed by atoms with Crippen LogP contribution >= 0.6 is 11.6 Å². The van der Waals surface area contributed by atoms with Gasteiger partial charge in [-0.15, -0.1) is 0 Å². The average Bonchev–Trinajstić information content (AvgIpc) is 2.55. The SMILES string of the molecule is CCCCCN(Cc1ccc(Cl)cc1)C(=O)[C@H]1CCN[C@@H](C)C1. The molecule has 0 aromatic heterocycles. The van der Waals surface area contributed by atoms with Gasteiger partial charge in [0.15, 0.2) is 0 Å². The highest BCUT2D eigenvalue weighted by Crippen LogP contribution is 2.21. The average molecular weight is 337 g/mol. The maximum atomic E-state index is 13.0. The van der Waals surface area contributed by atoms with Gasteiger partial charge in [-0.1, -0.05) is 43.5 Å². The lowest BCUT2D eigenvalue weighted by Gasteiger charge is -2.32. The summed E-state index contributed by atoms with van der Waals surface area (Å²) in [6, 6.07) is 8.28. The summed E-state index contributed by atoms with van der Waals surface area (Å²) in [5.41, 5.74) is 1.15. The molecule has 0 bridgehead atoms. The van der Waals surface area contributed by atoms with Crippen LogP contribution in [0.15, 0.2) is 24.3 Å². The van der Waals surface area contributed by atoms with E-state index in [2.05, 4.69) is 24.1 Å². The van der Waals surface area contributed by atoms with Gasteiger partial charge in [0.05, 0.1) is 0 Å². The van der Waals surface area contributed by atoms with Crippen molar-refractivity contribution in [3.8, 4) is 0 Å². The molecule has 0 saturated carbocycles. The Morgan fingerprint density at radius 3 is 2.70 bits per heavy atom. The van der Waals surface area contributed by atoms with Gasteiger partial charge >= 0.3 is 0 Å². The molecule has 3 nitrogen and oxygen atoms in total. The van der Waals surface area contributed by atoms with E-state index in [9.17, 15) is 4.79 Å². The highest BCUT2D eigenvalue weighted by molar-refractivity contribution is 6.30. The van der Waals surface area contributed by atoms with Crippen LogP contribution in [0, 0.1) is 5.92 Å². The van der Waals surface area contributed by atoms with Gasteiger partial charge in [-0.25, -0.2) is 0 Å². The van der Waals surface area contributed by atoms with Crippen LogP contribution in [0.25, 0.3) is 0 Å². The van der Waals surface area contributed by atoms with Crippen molar-refractivity contribution in [2.75, 3.05) is 13.1 Å². The molecule has 0 radical (unpaired) electrons. The molecule has 128 valence electrons. The Kier molecular flexibility index (Phi) is 7.38. The van der Waals surface area contributed by atoms with E-state index in [-0.39, 0.29) is 5.92 Å². The van der Waals surface area contributed by atoms with Gasteiger partial charge in [0.2, 0.25) is 5.91 Å². The third-order valence-electron chi connectivity index (χ3n) is 4.60. The summed E-state index contributed by atoms with van der Waals surface area (Å²) in [7, 11) is 0. The van der Waals surface area contributed by atoms with Crippen LogP contribution in [0.2, 0.25) is 5.02 Å². The molecule has 1 heterocycles. The van der Waals surface area contributed by atoms with Crippen LogP contribution < -0.4 is 5.32 Å². The first kappa shape index (κ1) is 18.3. The van der Waals surface area contributed by atoms with Crippen molar-refractivity contribution in [3.05, 3.63) is 34.9 Å². The van der Waals surface area contributed by atoms with E-state index in [1.54, 1.807) is 0 Å². The van der Waals surface area contributed by atoms with Crippen molar-refractivity contribution in [2.24, 2.45) is 5.92 Å². The predicted octanol–water partition coefficient (Wildman–Crippen LogP) is 4.25. The molecule has 1 aromatic carbocycles. The van der Waals surface area contributed by atoms with Crippen LogP contribution in [0.5, 0.6) is 0 Å². The molecule has 1 amide bonds. The smallest absolute Gasteiger partial charge is 0.226 e. The lowest BCUT2D eigenvalue weighted by molar-refractivity contribution is -0.137. The number of piperidine rings is 1. The van der Waals surface area contributed by atoms with Gasteiger partial charge in [-0.2, -0.15) is 0 Å². The normalized spacial score (nSPS) is 21.2. The molecule has 0 aliphatic carbocycles. The molecule has 0 unspecified atom stereocenters. The molecule has 1 fully saturated rings. The number of nitrogens with zero attached hydrogens (tertiary/aromatic N) is 1. The van der Waals surface area contributed by atoms with Crippen molar-refractivity contribution >= 4 is 17.5 Å². The number of carbonyl (C=O) groups excluding carboxylic acids is 1. The van der Waals surface area contributed by atoms with Crippen LogP contribution in [0.3, 0.4) is 0 Å². The zero-order valence-corrected chi connectivity index (χ0v) is 15.1. The third-order valence-corrected chi connectivity index (χ3v) is 4.85. The maximum Gasteiger partial charge on any atom is 0.226 e. The van der Waals surface area contributed by atoms with Crippen LogP contribution in [-0.4, -0.2) is 29.9 Å². The van der Waals surface area contributed by atoms with Crippen molar-refractivity contribution < 1.29 is 4.79 Å². The lowest BCUT2D eigenvalue weighted by Crippen LogP contribution is -2.44. The molecule has 1 N–H and O–H groups in total. The predicted molar refractivity (Wildman–Crippen MR) is 96.6 cm³/mol. The summed E-state index contributed by atoms with van der Waals surface area (Å²) < 4.78 is 0. The van der Waals surface area contributed by atoms with E-state index in [0.29, 0.717) is 18.5 Å². The van der Waals surface area contributed by atoms with Gasteiger partial charge in [0.1, 0.15) is 0 Å². The maximum absolute atomic E-state index is 13.0. The monoisotopic (exact) mass is 336 g/mol. The summed E-state index contributed by atoms with van der Waals surface area (Å²) in [4.78, 5) is 15.0. The summed E-state index contributed by atoms with van der Waals surface area (Å²) >= 11 is 5.96. The van der Waals surface area contributed by atoms with Crippen molar-refractivity contribution in [1.82, 2.24) is 10.2 Å². The minimum absolute atomic E-state index is 0.167. The molecule has 2 rings (SSSR count). The highest BCUT2D eigenvalue weighted by atomic mass is 35.5. The molecule has 1 aromatic rings. The van der Waals surface area contributed by atoms with Crippen LogP contribution in [0.1, 0.15) is 51.5 Å². The Labute approximate surface area is 145 Å². The van der Waals surface area contributed by atoms with E-state index in [1.807, 2.05) is 24.3 Å². The van der Waals surface area contributed by atoms with Gasteiger partial charge in [-0.3, -0.25) is 4.79 Å². The van der Waals surface area contributed by atoms with Crippen molar-refractivity contribution in [2.45, 2.75) is 58.5 Å². The lowest BCUT2D eigenvalue weighted by atomic mass is 9.91. The molecule has 2 atom stereocenters. The fourth-order valence-corrected chi connectivity index (χ4v) is 3.37. The van der Waals surface area contributed by atoms with Crippen LogP contribution in [-0.2, 0) is 11.3 Å². The zero-order valence-electron chi connectivity index (χ0n) is 14.4. The Morgan fingerprint density at radius 2 is 2.04 bits per heavy atom. The number of unbranched alkanes of at least 4 members (excludes halogenated alkanes) is 2. The largest absolute Gasteiger partial charge is 0.338 e. The first-order chi connectivity index (χ1) is 11.1. The summed E-state index contributed by atoms with van der Waals surface area (Å²) in [5, 5.41) is 4.17. The van der Waals surface area contributed by atoms with E-state index < -0.39 is 0 Å². The minimum atomic E-state index is 0.167. The highest BCUT2D eigenvalue weighted by Gasteiger charge is 2.28. The molecule has 23 heavy (non-hydrogen) atoms. The Balaban J connectivity index is 2.02. The first-order valence-electron chi connectivity index (χ1n) is 8.86. The Bertz CT molecular complexity index is 489. The standard InChI is InChI=1S/C19H29ClN2O/c1-3-4-5-12-22(14-16-6-8-18(20)9-7-16)19(23)17-10-11-21-15(2)13-17/h6-9,15,17,21H,3-5,10-14H2,1-2H3/t15-,17-/m0/s1. The number of hydrogen-bond acceptors (Lipinski definition) is 2. The number of amides is 1. The number of halogens is 1. The first-order valence-corrected chi connectivity index (χ1v) is 9.24. The van der Waals surface area contributed by atoms with Crippen LogP contribution in [0.4, 0.5) is 0 Å². The van der Waals surface area contributed by atoms with E-state index in [0.717, 1.165) is 42.9 Å². The number of carbonyl (C=O) groups is 1. The molecule has 1 aliphatic heterocycles. The van der Waals surface area contributed by atoms with Crippen molar-refractivity contribution in [3.63, 3.8) is 0 Å². The molecular formula is C19H29ClN2O.